The summed E-state index contributed by atoms with van der Waals surface area (Å²) in [5.41, 5.74) is 3.53. The van der Waals surface area contributed by atoms with Crippen molar-refractivity contribution in [3.63, 3.8) is 0 Å². The van der Waals surface area contributed by atoms with Gasteiger partial charge in [0.25, 0.3) is 0 Å². The van der Waals surface area contributed by atoms with Gasteiger partial charge in [-0.3, -0.25) is 0 Å². The average Bonchev–Trinajstić information content (AvgIpc) is 3.04. The molecule has 0 spiro atoms. The largest absolute Gasteiger partial charge is 0.396 e. The SMILES string of the molecule is CC(CO)CCC[C@@H](C)[C@H]1CC[C@H]2C3=CCC4C(C)(C)CCC[C@]4(C)[C@H]3CC[C@]12C. The highest BCUT2D eigenvalue weighted by Crippen LogP contribution is 2.68. The van der Waals surface area contributed by atoms with Crippen LogP contribution in [0.2, 0.25) is 0 Å². The van der Waals surface area contributed by atoms with E-state index in [9.17, 15) is 5.11 Å². The maximum atomic E-state index is 9.35. The standard InChI is InChI=1S/C29H50O/c1-20(19-30)9-7-10-21(2)23-12-13-24-22-11-14-26-27(3,4)16-8-17-29(26,6)25(22)15-18-28(23,24)5/h11,20-21,23-26,30H,7-10,12-19H2,1-6H3/t20?,21-,23-,24+,25+,26?,28-,29-/m1/s1. The molecule has 0 heterocycles. The Bertz CT molecular complexity index is 647. The number of allylic oxidation sites excluding steroid dienone is 2. The number of aliphatic hydroxyl groups excluding tert-OH is 1. The fraction of sp³-hybridized carbons (Fsp3) is 0.931. The van der Waals surface area contributed by atoms with Gasteiger partial charge in [-0.1, -0.05) is 72.5 Å². The van der Waals surface area contributed by atoms with E-state index >= 15 is 0 Å². The summed E-state index contributed by atoms with van der Waals surface area (Å²) in [5.74, 6) is 4.84. The van der Waals surface area contributed by atoms with E-state index in [-0.39, 0.29) is 0 Å². The monoisotopic (exact) mass is 414 g/mol. The molecule has 172 valence electrons. The minimum Gasteiger partial charge on any atom is -0.396 e. The van der Waals surface area contributed by atoms with E-state index in [1.807, 2.05) is 5.57 Å². The summed E-state index contributed by atoms with van der Waals surface area (Å²) < 4.78 is 0. The van der Waals surface area contributed by atoms with Crippen LogP contribution in [0.1, 0.15) is 112 Å². The molecule has 0 aromatic heterocycles. The Kier molecular flexibility index (Phi) is 6.28. The molecule has 0 amide bonds. The molecule has 1 nitrogen and oxygen atoms in total. The molecule has 0 aliphatic heterocycles. The lowest BCUT2D eigenvalue weighted by atomic mass is 9.44. The second-order valence-electron chi connectivity index (χ2n) is 13.4. The van der Waals surface area contributed by atoms with Crippen LogP contribution >= 0.6 is 0 Å². The summed E-state index contributed by atoms with van der Waals surface area (Å²) in [5, 5.41) is 9.35. The summed E-state index contributed by atoms with van der Waals surface area (Å²) in [6, 6.07) is 0. The molecule has 4 rings (SSSR count). The first-order valence-corrected chi connectivity index (χ1v) is 13.4. The Morgan fingerprint density at radius 2 is 1.67 bits per heavy atom. The van der Waals surface area contributed by atoms with Crippen LogP contribution in [0.25, 0.3) is 0 Å². The van der Waals surface area contributed by atoms with Crippen molar-refractivity contribution in [3.8, 4) is 0 Å². The highest BCUT2D eigenvalue weighted by molar-refractivity contribution is 5.28. The van der Waals surface area contributed by atoms with Crippen LogP contribution in [0.15, 0.2) is 11.6 Å². The molecule has 1 heteroatoms. The number of hydrogen-bond acceptors (Lipinski definition) is 1. The van der Waals surface area contributed by atoms with Crippen molar-refractivity contribution < 1.29 is 5.11 Å². The fourth-order valence-corrected chi connectivity index (χ4v) is 9.47. The van der Waals surface area contributed by atoms with Gasteiger partial charge >= 0.3 is 0 Å². The predicted molar refractivity (Wildman–Crippen MR) is 128 cm³/mol. The van der Waals surface area contributed by atoms with Crippen molar-refractivity contribution in [3.05, 3.63) is 11.6 Å². The molecule has 1 N–H and O–H groups in total. The van der Waals surface area contributed by atoms with E-state index < -0.39 is 0 Å². The fourth-order valence-electron chi connectivity index (χ4n) is 9.47. The van der Waals surface area contributed by atoms with Gasteiger partial charge in [-0.15, -0.1) is 0 Å². The van der Waals surface area contributed by atoms with E-state index in [0.29, 0.717) is 28.8 Å². The third kappa shape index (κ3) is 3.64. The van der Waals surface area contributed by atoms with Gasteiger partial charge in [0.15, 0.2) is 0 Å². The van der Waals surface area contributed by atoms with Crippen molar-refractivity contribution in [1.82, 2.24) is 0 Å². The smallest absolute Gasteiger partial charge is 0.0456 e. The van der Waals surface area contributed by atoms with Crippen molar-refractivity contribution in [2.45, 2.75) is 112 Å². The predicted octanol–water partition coefficient (Wildman–Crippen LogP) is 8.03. The first-order valence-electron chi connectivity index (χ1n) is 13.4. The van der Waals surface area contributed by atoms with Crippen molar-refractivity contribution in [1.29, 1.82) is 0 Å². The van der Waals surface area contributed by atoms with E-state index in [1.165, 1.54) is 70.6 Å². The Balaban J connectivity index is 1.50. The van der Waals surface area contributed by atoms with Crippen LogP contribution in [0.4, 0.5) is 0 Å². The summed E-state index contributed by atoms with van der Waals surface area (Å²) in [6.45, 7) is 15.6. The molecule has 4 aliphatic rings. The third-order valence-corrected chi connectivity index (χ3v) is 11.2. The maximum absolute atomic E-state index is 9.35. The molecule has 3 saturated carbocycles. The Morgan fingerprint density at radius 3 is 2.40 bits per heavy atom. The topological polar surface area (TPSA) is 20.2 Å². The second-order valence-corrected chi connectivity index (χ2v) is 13.4. The van der Waals surface area contributed by atoms with Gasteiger partial charge in [-0.05, 0) is 103 Å². The molecule has 4 aliphatic carbocycles. The van der Waals surface area contributed by atoms with Gasteiger partial charge in [0.1, 0.15) is 0 Å². The van der Waals surface area contributed by atoms with Gasteiger partial charge in [-0.25, -0.2) is 0 Å². The molecule has 8 atom stereocenters. The minimum atomic E-state index is 0.351. The van der Waals surface area contributed by atoms with E-state index in [2.05, 4.69) is 47.6 Å². The highest BCUT2D eigenvalue weighted by atomic mass is 16.3. The molecule has 2 unspecified atom stereocenters. The van der Waals surface area contributed by atoms with Gasteiger partial charge in [-0.2, -0.15) is 0 Å². The zero-order valence-corrected chi connectivity index (χ0v) is 21.0. The minimum absolute atomic E-state index is 0.351. The van der Waals surface area contributed by atoms with E-state index in [1.54, 1.807) is 0 Å². The lowest BCUT2D eigenvalue weighted by Gasteiger charge is -2.61. The molecule has 0 aromatic carbocycles. The summed E-state index contributed by atoms with van der Waals surface area (Å²) >= 11 is 0. The van der Waals surface area contributed by atoms with E-state index in [0.717, 1.165) is 29.6 Å². The van der Waals surface area contributed by atoms with Gasteiger partial charge in [0, 0.05) is 6.61 Å². The molecule has 0 saturated heterocycles. The van der Waals surface area contributed by atoms with Crippen LogP contribution < -0.4 is 0 Å². The number of aliphatic hydroxyl groups is 1. The summed E-state index contributed by atoms with van der Waals surface area (Å²) in [6.07, 6.45) is 18.1. The van der Waals surface area contributed by atoms with E-state index in [4.69, 9.17) is 0 Å². The zero-order chi connectivity index (χ0) is 21.7. The van der Waals surface area contributed by atoms with Crippen LogP contribution in [0, 0.1) is 51.8 Å². The molecule has 30 heavy (non-hydrogen) atoms. The average molecular weight is 415 g/mol. The van der Waals surface area contributed by atoms with Crippen LogP contribution in [0.3, 0.4) is 0 Å². The normalized spacial score (nSPS) is 44.4. The van der Waals surface area contributed by atoms with Gasteiger partial charge < -0.3 is 5.11 Å². The van der Waals surface area contributed by atoms with Gasteiger partial charge in [0.05, 0.1) is 0 Å². The quantitative estimate of drug-likeness (QED) is 0.436. The Labute approximate surface area is 187 Å². The Morgan fingerprint density at radius 1 is 0.933 bits per heavy atom. The lowest BCUT2D eigenvalue weighted by molar-refractivity contribution is -0.0629. The summed E-state index contributed by atoms with van der Waals surface area (Å²) in [4.78, 5) is 0. The lowest BCUT2D eigenvalue weighted by Crippen LogP contribution is -2.52. The molecule has 0 bridgehead atoms. The maximum Gasteiger partial charge on any atom is 0.0456 e. The van der Waals surface area contributed by atoms with Crippen LogP contribution in [-0.2, 0) is 0 Å². The number of hydrogen-bond donors (Lipinski definition) is 1. The van der Waals surface area contributed by atoms with Crippen molar-refractivity contribution in [2.24, 2.45) is 51.8 Å². The number of rotatable bonds is 6. The first-order chi connectivity index (χ1) is 14.1. The summed E-state index contributed by atoms with van der Waals surface area (Å²) in [7, 11) is 0. The molecule has 0 aromatic rings. The second kappa shape index (κ2) is 8.24. The van der Waals surface area contributed by atoms with Crippen molar-refractivity contribution in [2.75, 3.05) is 6.61 Å². The van der Waals surface area contributed by atoms with Crippen LogP contribution in [-0.4, -0.2) is 11.7 Å². The number of fused-ring (bicyclic) bond motifs is 5. The molecular formula is C29H50O. The van der Waals surface area contributed by atoms with Crippen LogP contribution in [0.5, 0.6) is 0 Å². The van der Waals surface area contributed by atoms with Gasteiger partial charge in [0.2, 0.25) is 0 Å². The Hall–Kier alpha value is -0.300. The zero-order valence-electron chi connectivity index (χ0n) is 21.0. The molecular weight excluding hydrogens is 364 g/mol. The molecule has 0 radical (unpaired) electrons. The highest BCUT2D eigenvalue weighted by Gasteiger charge is 2.59. The molecule has 3 fully saturated rings. The first kappa shape index (κ1) is 22.9. The van der Waals surface area contributed by atoms with Crippen molar-refractivity contribution >= 4 is 0 Å². The third-order valence-electron chi connectivity index (χ3n) is 11.2.